The second kappa shape index (κ2) is 7.28. The molecule has 0 saturated carbocycles. The fraction of sp³-hybridized carbons (Fsp3) is 0.846. The Labute approximate surface area is 122 Å². The minimum atomic E-state index is -1.09. The topological polar surface area (TPSA) is 84.9 Å². The highest BCUT2D eigenvalue weighted by Gasteiger charge is 2.43. The molecule has 2 aliphatic heterocycles. The van der Waals surface area contributed by atoms with E-state index in [1.54, 1.807) is 11.8 Å². The number of nitrogens with one attached hydrogen (secondary N) is 1. The van der Waals surface area contributed by atoms with E-state index < -0.39 is 11.5 Å². The van der Waals surface area contributed by atoms with Crippen molar-refractivity contribution in [1.82, 2.24) is 5.32 Å². The molecule has 0 aliphatic carbocycles. The number of carboxylic acids is 1. The molecule has 0 spiro atoms. The van der Waals surface area contributed by atoms with Gasteiger partial charge in [-0.25, -0.2) is 4.79 Å². The zero-order valence-electron chi connectivity index (χ0n) is 11.4. The van der Waals surface area contributed by atoms with Gasteiger partial charge in [-0.15, -0.1) is 0 Å². The number of aliphatic carboxylic acids is 1. The normalized spacial score (nSPS) is 29.5. The molecule has 20 heavy (non-hydrogen) atoms. The molecule has 0 aromatic rings. The van der Waals surface area contributed by atoms with Gasteiger partial charge in [-0.1, -0.05) is 0 Å². The van der Waals surface area contributed by atoms with Crippen molar-refractivity contribution in [1.29, 1.82) is 0 Å². The van der Waals surface area contributed by atoms with Crippen LogP contribution < -0.4 is 5.32 Å². The zero-order chi connectivity index (χ0) is 14.4. The molecule has 2 saturated heterocycles. The first-order chi connectivity index (χ1) is 9.62. The van der Waals surface area contributed by atoms with Crippen molar-refractivity contribution in [3.63, 3.8) is 0 Å². The van der Waals surface area contributed by atoms with Crippen molar-refractivity contribution < 1.29 is 24.2 Å². The highest BCUT2D eigenvalue weighted by Crippen LogP contribution is 2.28. The first-order valence-corrected chi connectivity index (χ1v) is 8.09. The number of hydrogen-bond donors (Lipinski definition) is 2. The molecule has 6 nitrogen and oxygen atoms in total. The predicted molar refractivity (Wildman–Crippen MR) is 74.9 cm³/mol. The fourth-order valence-corrected chi connectivity index (χ4v) is 3.70. The predicted octanol–water partition coefficient (Wildman–Crippen LogP) is 0.649. The van der Waals surface area contributed by atoms with Gasteiger partial charge in [-0.05, 0) is 25.0 Å². The lowest BCUT2D eigenvalue weighted by molar-refractivity contribution is -0.146. The quantitative estimate of drug-likeness (QED) is 0.672. The molecule has 0 aromatic carbocycles. The summed E-state index contributed by atoms with van der Waals surface area (Å²) in [5.41, 5.74) is -1.09. The summed E-state index contributed by atoms with van der Waals surface area (Å²) in [6.45, 7) is 1.59. The third-order valence-corrected chi connectivity index (χ3v) is 4.80. The molecule has 7 heteroatoms. The minimum absolute atomic E-state index is 0.148. The molecule has 2 aliphatic rings. The highest BCUT2D eigenvalue weighted by atomic mass is 32.2. The van der Waals surface area contributed by atoms with E-state index in [-0.39, 0.29) is 18.4 Å². The molecule has 2 rings (SSSR count). The van der Waals surface area contributed by atoms with Gasteiger partial charge >= 0.3 is 5.97 Å². The van der Waals surface area contributed by atoms with Crippen molar-refractivity contribution in [2.45, 2.75) is 37.3 Å². The van der Waals surface area contributed by atoms with E-state index in [2.05, 4.69) is 5.32 Å². The molecule has 0 aromatic heterocycles. The maximum absolute atomic E-state index is 11.8. The van der Waals surface area contributed by atoms with Crippen LogP contribution in [-0.4, -0.2) is 60.0 Å². The average Bonchev–Trinajstić information content (AvgIpc) is 3.06. The molecule has 0 bridgehead atoms. The standard InChI is InChI=1S/C13H21NO5S/c15-11(3-6-18-8-10-2-1-5-19-10)14-13(12(16)17)4-7-20-9-13/h10H,1-9H2,(H,14,15)(H,16,17). The fourth-order valence-electron chi connectivity index (χ4n) is 2.37. The largest absolute Gasteiger partial charge is 0.479 e. The Morgan fingerprint density at radius 2 is 2.35 bits per heavy atom. The van der Waals surface area contributed by atoms with Gasteiger partial charge in [0.05, 0.1) is 19.3 Å². The number of hydrogen-bond acceptors (Lipinski definition) is 5. The Morgan fingerprint density at radius 1 is 1.50 bits per heavy atom. The van der Waals surface area contributed by atoms with E-state index in [9.17, 15) is 14.7 Å². The maximum atomic E-state index is 11.8. The summed E-state index contributed by atoms with van der Waals surface area (Å²) < 4.78 is 10.8. The molecule has 2 heterocycles. The van der Waals surface area contributed by atoms with E-state index in [1.807, 2.05) is 0 Å². The summed E-state index contributed by atoms with van der Waals surface area (Å²) >= 11 is 1.55. The van der Waals surface area contributed by atoms with Crippen LogP contribution in [0.4, 0.5) is 0 Å². The summed E-state index contributed by atoms with van der Waals surface area (Å²) in [5, 5.41) is 11.9. The Bertz CT molecular complexity index is 351. The minimum Gasteiger partial charge on any atom is -0.479 e. The Balaban J connectivity index is 1.65. The van der Waals surface area contributed by atoms with Gasteiger partial charge < -0.3 is 19.9 Å². The number of amides is 1. The summed E-state index contributed by atoms with van der Waals surface area (Å²) in [6, 6.07) is 0. The first-order valence-electron chi connectivity index (χ1n) is 6.94. The van der Waals surface area contributed by atoms with E-state index in [0.717, 1.165) is 25.2 Å². The summed E-state index contributed by atoms with van der Waals surface area (Å²) in [6.07, 6.45) is 2.88. The van der Waals surface area contributed by atoms with Gasteiger partial charge in [0.2, 0.25) is 5.91 Å². The maximum Gasteiger partial charge on any atom is 0.330 e. The van der Waals surface area contributed by atoms with Crippen LogP contribution >= 0.6 is 11.8 Å². The molecule has 1 amide bonds. The Morgan fingerprint density at radius 3 is 2.95 bits per heavy atom. The van der Waals surface area contributed by atoms with Crippen LogP contribution in [0, 0.1) is 0 Å². The van der Waals surface area contributed by atoms with E-state index in [0.29, 0.717) is 25.4 Å². The second-order valence-electron chi connectivity index (χ2n) is 5.20. The van der Waals surface area contributed by atoms with Crippen LogP contribution in [0.3, 0.4) is 0 Å². The van der Waals surface area contributed by atoms with Crippen LogP contribution in [0.2, 0.25) is 0 Å². The van der Waals surface area contributed by atoms with Crippen molar-refractivity contribution in [3.05, 3.63) is 0 Å². The number of thioether (sulfide) groups is 1. The van der Waals surface area contributed by atoms with E-state index in [1.165, 1.54) is 0 Å². The number of carboxylic acid groups (broad SMARTS) is 1. The van der Waals surface area contributed by atoms with Crippen LogP contribution in [-0.2, 0) is 19.1 Å². The molecular formula is C13H21NO5S. The third kappa shape index (κ3) is 4.10. The lowest BCUT2D eigenvalue weighted by atomic mass is 9.99. The number of carbonyl (C=O) groups excluding carboxylic acids is 1. The SMILES string of the molecule is O=C(CCOCC1CCCO1)NC1(C(=O)O)CCSC1. The summed E-state index contributed by atoms with van der Waals surface area (Å²) in [4.78, 5) is 23.1. The van der Waals surface area contributed by atoms with Crippen LogP contribution in [0.5, 0.6) is 0 Å². The van der Waals surface area contributed by atoms with Gasteiger partial charge in [0.15, 0.2) is 0 Å². The van der Waals surface area contributed by atoms with Crippen molar-refractivity contribution in [2.75, 3.05) is 31.3 Å². The number of ether oxygens (including phenoxy) is 2. The van der Waals surface area contributed by atoms with Crippen molar-refractivity contribution >= 4 is 23.6 Å². The number of carbonyl (C=O) groups is 2. The lowest BCUT2D eigenvalue weighted by Gasteiger charge is -2.24. The molecular weight excluding hydrogens is 282 g/mol. The summed E-state index contributed by atoms with van der Waals surface area (Å²) in [5.74, 6) is -0.00852. The third-order valence-electron chi connectivity index (χ3n) is 3.61. The molecule has 114 valence electrons. The molecule has 2 atom stereocenters. The van der Waals surface area contributed by atoms with Crippen molar-refractivity contribution in [2.24, 2.45) is 0 Å². The van der Waals surface area contributed by atoms with Gasteiger partial charge in [-0.2, -0.15) is 11.8 Å². The molecule has 2 fully saturated rings. The average molecular weight is 303 g/mol. The monoisotopic (exact) mass is 303 g/mol. The van der Waals surface area contributed by atoms with Gasteiger partial charge in [-0.3, -0.25) is 4.79 Å². The van der Waals surface area contributed by atoms with E-state index in [4.69, 9.17) is 9.47 Å². The molecule has 2 unspecified atom stereocenters. The smallest absolute Gasteiger partial charge is 0.330 e. The van der Waals surface area contributed by atoms with Crippen LogP contribution in [0.1, 0.15) is 25.7 Å². The van der Waals surface area contributed by atoms with Crippen molar-refractivity contribution in [3.8, 4) is 0 Å². The molecule has 2 N–H and O–H groups in total. The Hall–Kier alpha value is -0.790. The van der Waals surface area contributed by atoms with Gasteiger partial charge in [0.1, 0.15) is 5.54 Å². The first kappa shape index (κ1) is 15.6. The summed E-state index contributed by atoms with van der Waals surface area (Å²) in [7, 11) is 0. The van der Waals surface area contributed by atoms with Gasteiger partial charge in [0, 0.05) is 18.8 Å². The van der Waals surface area contributed by atoms with Crippen LogP contribution in [0.15, 0.2) is 0 Å². The van der Waals surface area contributed by atoms with Crippen LogP contribution in [0.25, 0.3) is 0 Å². The lowest BCUT2D eigenvalue weighted by Crippen LogP contribution is -2.54. The number of rotatable bonds is 7. The van der Waals surface area contributed by atoms with E-state index >= 15 is 0 Å². The second-order valence-corrected chi connectivity index (χ2v) is 6.30. The Kier molecular flexibility index (Phi) is 5.68. The zero-order valence-corrected chi connectivity index (χ0v) is 12.2. The highest BCUT2D eigenvalue weighted by molar-refractivity contribution is 7.99. The molecule has 0 radical (unpaired) electrons. The van der Waals surface area contributed by atoms with Gasteiger partial charge in [0.25, 0.3) is 0 Å².